The highest BCUT2D eigenvalue weighted by Crippen LogP contribution is 2.31. The molecule has 1 unspecified atom stereocenters. The van der Waals surface area contributed by atoms with Crippen molar-refractivity contribution >= 4 is 41.5 Å². The lowest BCUT2D eigenvalue weighted by Gasteiger charge is -2.25. The largest absolute Gasteiger partial charge is 0.493 e. The van der Waals surface area contributed by atoms with Crippen molar-refractivity contribution in [1.29, 1.82) is 0 Å². The zero-order valence-corrected chi connectivity index (χ0v) is 18.2. The van der Waals surface area contributed by atoms with Crippen molar-refractivity contribution in [3.05, 3.63) is 53.6 Å². The first-order valence-electron chi connectivity index (χ1n) is 8.74. The third-order valence-electron chi connectivity index (χ3n) is 4.52. The molecule has 0 aromatic heterocycles. The number of methoxy groups -OCH3 is 2. The predicted octanol–water partition coefficient (Wildman–Crippen LogP) is 2.85. The number of anilines is 1. The number of benzene rings is 2. The molecule has 0 fully saturated rings. The number of carbonyl (C=O) groups excluding carboxylic acids is 1. The second-order valence-corrected chi connectivity index (χ2v) is 6.31. The summed E-state index contributed by atoms with van der Waals surface area (Å²) >= 11 is 0. The first-order chi connectivity index (χ1) is 13.1. The second kappa shape index (κ2) is 10.2. The maximum Gasteiger partial charge on any atom is 0.225 e. The van der Waals surface area contributed by atoms with Gasteiger partial charge in [-0.2, -0.15) is 0 Å². The Morgan fingerprint density at radius 1 is 1.21 bits per heavy atom. The molecule has 0 aliphatic carbocycles. The molecule has 0 bridgehead atoms. The molecule has 1 atom stereocenters. The number of nitrogens with two attached hydrogens (primary N) is 1. The van der Waals surface area contributed by atoms with Crippen molar-refractivity contribution in [1.82, 2.24) is 5.32 Å². The van der Waals surface area contributed by atoms with E-state index in [1.165, 1.54) is 0 Å². The molecule has 150 valence electrons. The van der Waals surface area contributed by atoms with E-state index < -0.39 is 0 Å². The lowest BCUT2D eigenvalue weighted by Crippen LogP contribution is -2.37. The highest BCUT2D eigenvalue weighted by atomic mass is 127. The highest BCUT2D eigenvalue weighted by Gasteiger charge is 2.24. The van der Waals surface area contributed by atoms with Crippen LogP contribution in [0.5, 0.6) is 11.5 Å². The van der Waals surface area contributed by atoms with Gasteiger partial charge in [0.1, 0.15) is 0 Å². The molecule has 0 spiro atoms. The van der Waals surface area contributed by atoms with Crippen LogP contribution in [0.25, 0.3) is 0 Å². The van der Waals surface area contributed by atoms with Crippen molar-refractivity contribution in [3.63, 3.8) is 0 Å². The molecule has 0 saturated heterocycles. The number of rotatable bonds is 6. The van der Waals surface area contributed by atoms with Gasteiger partial charge in [0.05, 0.1) is 20.8 Å². The summed E-state index contributed by atoms with van der Waals surface area (Å²) in [6.07, 6.45) is 0.424. The van der Waals surface area contributed by atoms with Crippen LogP contribution in [-0.2, 0) is 11.3 Å². The van der Waals surface area contributed by atoms with E-state index in [1.807, 2.05) is 42.5 Å². The molecule has 0 saturated carbocycles. The fourth-order valence-corrected chi connectivity index (χ4v) is 3.12. The van der Waals surface area contributed by atoms with E-state index in [0.29, 0.717) is 37.0 Å². The van der Waals surface area contributed by atoms with Gasteiger partial charge in [-0.05, 0) is 29.3 Å². The Kier molecular flexibility index (Phi) is 7.91. The first kappa shape index (κ1) is 21.8. The van der Waals surface area contributed by atoms with Gasteiger partial charge in [0.15, 0.2) is 17.5 Å². The smallest absolute Gasteiger partial charge is 0.225 e. The van der Waals surface area contributed by atoms with Gasteiger partial charge in [0, 0.05) is 24.6 Å². The maximum atomic E-state index is 11.9. The van der Waals surface area contributed by atoms with Gasteiger partial charge in [-0.25, -0.2) is 4.99 Å². The Balaban J connectivity index is 0.00000280. The van der Waals surface area contributed by atoms with Crippen molar-refractivity contribution in [3.8, 4) is 11.5 Å². The van der Waals surface area contributed by atoms with Crippen LogP contribution < -0.4 is 25.8 Å². The molecule has 4 N–H and O–H groups in total. The molecule has 28 heavy (non-hydrogen) atoms. The van der Waals surface area contributed by atoms with Gasteiger partial charge in [-0.3, -0.25) is 4.79 Å². The van der Waals surface area contributed by atoms with Crippen LogP contribution in [0.4, 0.5) is 5.69 Å². The number of guanidine groups is 1. The van der Waals surface area contributed by atoms with Crippen molar-refractivity contribution in [2.75, 3.05) is 26.1 Å². The van der Waals surface area contributed by atoms with Crippen LogP contribution in [0.15, 0.2) is 47.5 Å². The van der Waals surface area contributed by atoms with E-state index in [-0.39, 0.29) is 35.8 Å². The molecular formula is C20H25IN4O3. The summed E-state index contributed by atoms with van der Waals surface area (Å²) in [7, 11) is 3.19. The van der Waals surface area contributed by atoms with Crippen molar-refractivity contribution in [2.24, 2.45) is 10.7 Å². The van der Waals surface area contributed by atoms with Crippen molar-refractivity contribution < 1.29 is 14.3 Å². The average Bonchev–Trinajstić information content (AvgIpc) is 2.70. The van der Waals surface area contributed by atoms with Crippen LogP contribution in [0.1, 0.15) is 23.5 Å². The monoisotopic (exact) mass is 496 g/mol. The number of hydrogen-bond acceptors (Lipinski definition) is 4. The van der Waals surface area contributed by atoms with Crippen LogP contribution in [-0.4, -0.2) is 32.6 Å². The first-order valence-corrected chi connectivity index (χ1v) is 8.74. The van der Waals surface area contributed by atoms with E-state index in [2.05, 4.69) is 15.6 Å². The SMILES string of the molecule is COc1ccc(CN=C(N)NCC2CC(=O)Nc3ccccc32)cc1OC.I. The number of para-hydroxylation sites is 1. The number of fused-ring (bicyclic) bond motifs is 1. The molecule has 8 heteroatoms. The van der Waals surface area contributed by atoms with Gasteiger partial charge in [0.25, 0.3) is 0 Å². The number of hydrogen-bond donors (Lipinski definition) is 3. The van der Waals surface area contributed by atoms with Gasteiger partial charge in [-0.1, -0.05) is 24.3 Å². The van der Waals surface area contributed by atoms with E-state index in [4.69, 9.17) is 15.2 Å². The Labute approximate surface area is 181 Å². The average molecular weight is 496 g/mol. The van der Waals surface area contributed by atoms with Crippen LogP contribution in [0.2, 0.25) is 0 Å². The number of nitrogens with zero attached hydrogens (tertiary/aromatic N) is 1. The summed E-state index contributed by atoms with van der Waals surface area (Å²) in [5.41, 5.74) is 8.93. The summed E-state index contributed by atoms with van der Waals surface area (Å²) in [6, 6.07) is 13.4. The molecule has 0 radical (unpaired) electrons. The summed E-state index contributed by atoms with van der Waals surface area (Å²) in [5, 5.41) is 6.02. The number of ether oxygens (including phenoxy) is 2. The number of amides is 1. The minimum atomic E-state index is 0. The highest BCUT2D eigenvalue weighted by molar-refractivity contribution is 14.0. The Morgan fingerprint density at radius 3 is 2.71 bits per heavy atom. The molecule has 2 aromatic carbocycles. The molecule has 1 aliphatic heterocycles. The lowest BCUT2D eigenvalue weighted by atomic mass is 9.90. The second-order valence-electron chi connectivity index (χ2n) is 6.31. The van der Waals surface area contributed by atoms with Crippen LogP contribution in [0.3, 0.4) is 0 Å². The Bertz CT molecular complexity index is 857. The minimum Gasteiger partial charge on any atom is -0.493 e. The fraction of sp³-hybridized carbons (Fsp3) is 0.300. The van der Waals surface area contributed by atoms with E-state index in [0.717, 1.165) is 16.8 Å². The third-order valence-corrected chi connectivity index (χ3v) is 4.52. The Morgan fingerprint density at radius 2 is 1.96 bits per heavy atom. The number of nitrogens with one attached hydrogen (secondary N) is 2. The quantitative estimate of drug-likeness (QED) is 0.325. The molecule has 1 aliphatic rings. The summed E-state index contributed by atoms with van der Waals surface area (Å²) in [4.78, 5) is 16.3. The molecule has 7 nitrogen and oxygen atoms in total. The summed E-state index contributed by atoms with van der Waals surface area (Å²) in [5.74, 6) is 1.74. The molecular weight excluding hydrogens is 471 g/mol. The predicted molar refractivity (Wildman–Crippen MR) is 121 cm³/mol. The molecule has 2 aromatic rings. The zero-order valence-electron chi connectivity index (χ0n) is 15.9. The molecule has 3 rings (SSSR count). The van der Waals surface area contributed by atoms with Crippen LogP contribution in [0, 0.1) is 0 Å². The standard InChI is InChI=1S/C20H24N4O3.HI/c1-26-17-8-7-13(9-18(17)27-2)11-22-20(21)23-12-14-10-19(25)24-16-6-4-3-5-15(14)16;/h3-9,14H,10-12H2,1-2H3,(H,24,25)(H3,21,22,23);1H. The van der Waals surface area contributed by atoms with E-state index in [1.54, 1.807) is 14.2 Å². The molecule has 1 heterocycles. The van der Waals surface area contributed by atoms with Crippen LogP contribution >= 0.6 is 24.0 Å². The van der Waals surface area contributed by atoms with Gasteiger partial charge >= 0.3 is 0 Å². The lowest BCUT2D eigenvalue weighted by molar-refractivity contribution is -0.116. The topological polar surface area (TPSA) is 98.0 Å². The Hall–Kier alpha value is -2.49. The number of halogens is 1. The van der Waals surface area contributed by atoms with Gasteiger partial charge in [0.2, 0.25) is 5.91 Å². The van der Waals surface area contributed by atoms with E-state index in [9.17, 15) is 4.79 Å². The molecule has 1 amide bonds. The van der Waals surface area contributed by atoms with E-state index >= 15 is 0 Å². The van der Waals surface area contributed by atoms with Gasteiger partial charge in [-0.15, -0.1) is 24.0 Å². The normalized spacial score (nSPS) is 15.7. The third kappa shape index (κ3) is 5.28. The number of aliphatic imine (C=N–C) groups is 1. The fourth-order valence-electron chi connectivity index (χ4n) is 3.12. The zero-order chi connectivity index (χ0) is 19.2. The minimum absolute atomic E-state index is 0. The van der Waals surface area contributed by atoms with Crippen molar-refractivity contribution in [2.45, 2.75) is 18.9 Å². The van der Waals surface area contributed by atoms with Gasteiger partial charge < -0.3 is 25.8 Å². The maximum absolute atomic E-state index is 11.9. The number of carbonyl (C=O) groups is 1. The summed E-state index contributed by atoms with van der Waals surface area (Å²) in [6.45, 7) is 0.965. The summed E-state index contributed by atoms with van der Waals surface area (Å²) < 4.78 is 10.5.